The van der Waals surface area contributed by atoms with Crippen LogP contribution in [0.5, 0.6) is 0 Å². The molecule has 1 aromatic rings. The lowest BCUT2D eigenvalue weighted by molar-refractivity contribution is -0.127. The van der Waals surface area contributed by atoms with E-state index in [1.54, 1.807) is 0 Å². The molecular weight excluding hydrogens is 286 g/mol. The maximum absolute atomic E-state index is 12.1. The second kappa shape index (κ2) is 6.80. The summed E-state index contributed by atoms with van der Waals surface area (Å²) in [5, 5.41) is 13.5. The smallest absolute Gasteiger partial charge is 0.225 e. The summed E-state index contributed by atoms with van der Waals surface area (Å²) in [4.78, 5) is 12.1. The van der Waals surface area contributed by atoms with Crippen molar-refractivity contribution in [1.82, 2.24) is 5.32 Å². The van der Waals surface area contributed by atoms with Crippen LogP contribution in [0.25, 0.3) is 0 Å². The van der Waals surface area contributed by atoms with E-state index in [0.717, 1.165) is 30.7 Å². The number of aliphatic hydroxyl groups is 1. The second-order valence-electron chi connectivity index (χ2n) is 6.79. The van der Waals surface area contributed by atoms with Crippen LogP contribution in [0.15, 0.2) is 24.3 Å². The molecule has 116 valence electrons. The highest BCUT2D eigenvalue weighted by Gasteiger charge is 2.32. The lowest BCUT2D eigenvalue weighted by Crippen LogP contribution is -2.40. The van der Waals surface area contributed by atoms with Crippen molar-refractivity contribution >= 4 is 17.5 Å². The molecule has 4 heteroatoms. The van der Waals surface area contributed by atoms with Gasteiger partial charge >= 0.3 is 0 Å². The summed E-state index contributed by atoms with van der Waals surface area (Å²) in [6.07, 6.45) is 2.85. The summed E-state index contributed by atoms with van der Waals surface area (Å²) in [6, 6.07) is 7.82. The van der Waals surface area contributed by atoms with Crippen molar-refractivity contribution in [3.8, 4) is 0 Å². The minimum absolute atomic E-state index is 0.0147. The molecule has 0 saturated heterocycles. The number of aliphatic hydroxyl groups excluding tert-OH is 1. The highest BCUT2D eigenvalue weighted by Crippen LogP contribution is 2.27. The van der Waals surface area contributed by atoms with Crippen LogP contribution in [0.1, 0.15) is 38.7 Å². The summed E-state index contributed by atoms with van der Waals surface area (Å²) in [5.41, 5.74) is 1.12. The fourth-order valence-corrected chi connectivity index (χ4v) is 3.18. The van der Waals surface area contributed by atoms with Crippen molar-refractivity contribution in [3.05, 3.63) is 34.9 Å². The maximum atomic E-state index is 12.1. The zero-order valence-corrected chi connectivity index (χ0v) is 13.5. The van der Waals surface area contributed by atoms with E-state index >= 15 is 0 Å². The average molecular weight is 310 g/mol. The highest BCUT2D eigenvalue weighted by atomic mass is 35.5. The van der Waals surface area contributed by atoms with Crippen LogP contribution in [0.3, 0.4) is 0 Å². The summed E-state index contributed by atoms with van der Waals surface area (Å²) in [7, 11) is 0. The Labute approximate surface area is 131 Å². The van der Waals surface area contributed by atoms with Crippen molar-refractivity contribution in [2.75, 3.05) is 6.54 Å². The van der Waals surface area contributed by atoms with Crippen LogP contribution >= 0.6 is 11.6 Å². The topological polar surface area (TPSA) is 49.3 Å². The monoisotopic (exact) mass is 309 g/mol. The average Bonchev–Trinajstić information content (AvgIpc) is 2.82. The number of amides is 1. The van der Waals surface area contributed by atoms with Gasteiger partial charge in [-0.3, -0.25) is 4.79 Å². The molecule has 1 aliphatic carbocycles. The van der Waals surface area contributed by atoms with E-state index < -0.39 is 6.10 Å². The van der Waals surface area contributed by atoms with Crippen molar-refractivity contribution in [2.24, 2.45) is 11.3 Å². The lowest BCUT2D eigenvalue weighted by atomic mass is 9.85. The number of benzene rings is 1. The van der Waals surface area contributed by atoms with Gasteiger partial charge in [0.15, 0.2) is 0 Å². The molecule has 1 aliphatic rings. The van der Waals surface area contributed by atoms with Gasteiger partial charge < -0.3 is 10.4 Å². The van der Waals surface area contributed by atoms with Crippen LogP contribution < -0.4 is 5.32 Å². The van der Waals surface area contributed by atoms with Crippen LogP contribution in [0.4, 0.5) is 0 Å². The molecule has 0 heterocycles. The first-order chi connectivity index (χ1) is 9.87. The van der Waals surface area contributed by atoms with Crippen molar-refractivity contribution in [1.29, 1.82) is 0 Å². The van der Waals surface area contributed by atoms with E-state index in [9.17, 15) is 9.90 Å². The van der Waals surface area contributed by atoms with Gasteiger partial charge in [-0.25, -0.2) is 0 Å². The summed E-state index contributed by atoms with van der Waals surface area (Å²) < 4.78 is 0. The Balaban J connectivity index is 1.87. The third-order valence-electron chi connectivity index (χ3n) is 4.13. The second-order valence-corrected chi connectivity index (χ2v) is 7.23. The van der Waals surface area contributed by atoms with Gasteiger partial charge in [-0.05, 0) is 48.8 Å². The fourth-order valence-electron chi connectivity index (χ4n) is 2.97. The molecular formula is C17H24ClNO2. The Morgan fingerprint density at radius 3 is 2.81 bits per heavy atom. The van der Waals surface area contributed by atoms with Gasteiger partial charge in [-0.2, -0.15) is 0 Å². The van der Waals surface area contributed by atoms with Crippen molar-refractivity contribution in [2.45, 2.75) is 45.6 Å². The standard InChI is InChI=1S/C17H24ClNO2/c1-17(2,10-12-5-3-6-13(18)9-12)11-19-16(21)14-7-4-8-15(14)20/h3,5-6,9,14-15,20H,4,7-8,10-11H2,1-2H3,(H,19,21). The molecule has 1 aromatic carbocycles. The number of rotatable bonds is 5. The van der Waals surface area contributed by atoms with Crippen molar-refractivity contribution < 1.29 is 9.90 Å². The van der Waals surface area contributed by atoms with Gasteiger partial charge in [0.1, 0.15) is 0 Å². The van der Waals surface area contributed by atoms with Gasteiger partial charge in [0, 0.05) is 11.6 Å². The van der Waals surface area contributed by atoms with Crippen LogP contribution in [0.2, 0.25) is 5.02 Å². The number of nitrogens with one attached hydrogen (secondary N) is 1. The number of carbonyl (C=O) groups is 1. The fraction of sp³-hybridized carbons (Fsp3) is 0.588. The number of hydrogen-bond donors (Lipinski definition) is 2. The summed E-state index contributed by atoms with van der Waals surface area (Å²) in [6.45, 7) is 4.85. The van der Waals surface area contributed by atoms with E-state index in [4.69, 9.17) is 11.6 Å². The largest absolute Gasteiger partial charge is 0.392 e. The number of halogens is 1. The van der Waals surface area contributed by atoms with Gasteiger partial charge in [0.2, 0.25) is 5.91 Å². The molecule has 0 aliphatic heterocycles. The minimum Gasteiger partial charge on any atom is -0.392 e. The van der Waals surface area contributed by atoms with Crippen molar-refractivity contribution in [3.63, 3.8) is 0 Å². The summed E-state index contributed by atoms with van der Waals surface area (Å²) >= 11 is 6.01. The first-order valence-electron chi connectivity index (χ1n) is 7.58. The van der Waals surface area contributed by atoms with E-state index in [2.05, 4.69) is 25.2 Å². The molecule has 0 spiro atoms. The molecule has 0 bridgehead atoms. The molecule has 3 nitrogen and oxygen atoms in total. The van der Waals surface area contributed by atoms with E-state index in [1.807, 2.05) is 18.2 Å². The number of carbonyl (C=O) groups excluding carboxylic acids is 1. The molecule has 2 unspecified atom stereocenters. The van der Waals surface area contributed by atoms with Gasteiger partial charge in [-0.15, -0.1) is 0 Å². The van der Waals surface area contributed by atoms with Gasteiger partial charge in [-0.1, -0.05) is 37.6 Å². The first kappa shape index (κ1) is 16.3. The Morgan fingerprint density at radius 2 is 2.19 bits per heavy atom. The quantitative estimate of drug-likeness (QED) is 0.877. The Kier molecular flexibility index (Phi) is 5.28. The summed E-state index contributed by atoms with van der Waals surface area (Å²) in [5.74, 6) is -0.244. The van der Waals surface area contributed by atoms with Gasteiger partial charge in [0.25, 0.3) is 0 Å². The zero-order valence-electron chi connectivity index (χ0n) is 12.7. The molecule has 1 amide bonds. The molecule has 2 atom stereocenters. The molecule has 0 aromatic heterocycles. The molecule has 1 fully saturated rings. The van der Waals surface area contributed by atoms with Crippen LogP contribution in [-0.4, -0.2) is 23.7 Å². The predicted octanol–water partition coefficient (Wildman–Crippen LogP) is 3.19. The Bertz CT molecular complexity index is 501. The highest BCUT2D eigenvalue weighted by molar-refractivity contribution is 6.30. The third-order valence-corrected chi connectivity index (χ3v) is 4.36. The van der Waals surface area contributed by atoms with Crippen LogP contribution in [0, 0.1) is 11.3 Å². The molecule has 0 radical (unpaired) electrons. The zero-order chi connectivity index (χ0) is 15.5. The Hall–Kier alpha value is -1.06. The first-order valence-corrected chi connectivity index (χ1v) is 7.95. The Morgan fingerprint density at radius 1 is 1.43 bits per heavy atom. The molecule has 2 rings (SSSR count). The van der Waals surface area contributed by atoms with E-state index in [-0.39, 0.29) is 17.2 Å². The van der Waals surface area contributed by atoms with E-state index in [0.29, 0.717) is 6.54 Å². The van der Waals surface area contributed by atoms with Gasteiger partial charge in [0.05, 0.1) is 12.0 Å². The molecule has 1 saturated carbocycles. The third kappa shape index (κ3) is 4.72. The normalized spacial score (nSPS) is 22.3. The lowest BCUT2D eigenvalue weighted by Gasteiger charge is -2.26. The molecule has 2 N–H and O–H groups in total. The predicted molar refractivity (Wildman–Crippen MR) is 85.3 cm³/mol. The minimum atomic E-state index is -0.471. The van der Waals surface area contributed by atoms with Crippen LogP contribution in [-0.2, 0) is 11.2 Å². The molecule has 21 heavy (non-hydrogen) atoms. The number of hydrogen-bond acceptors (Lipinski definition) is 2. The SMILES string of the molecule is CC(C)(CNC(=O)C1CCCC1O)Cc1cccc(Cl)c1. The van der Waals surface area contributed by atoms with E-state index in [1.165, 1.54) is 5.56 Å². The maximum Gasteiger partial charge on any atom is 0.225 e.